The van der Waals surface area contributed by atoms with Crippen LogP contribution in [-0.2, 0) is 26.5 Å². The van der Waals surface area contributed by atoms with E-state index in [1.165, 1.54) is 24.0 Å². The zero-order chi connectivity index (χ0) is 24.8. The van der Waals surface area contributed by atoms with E-state index in [4.69, 9.17) is 26.6 Å². The minimum absolute atomic E-state index is 0.0218. The lowest BCUT2D eigenvalue weighted by atomic mass is 9.77. The van der Waals surface area contributed by atoms with Crippen molar-refractivity contribution in [3.63, 3.8) is 0 Å². The van der Waals surface area contributed by atoms with Gasteiger partial charge in [-0.05, 0) is 36.8 Å². The first-order valence-corrected chi connectivity index (χ1v) is 12.1. The second kappa shape index (κ2) is 11.2. The van der Waals surface area contributed by atoms with Gasteiger partial charge in [0.05, 0.1) is 29.6 Å². The summed E-state index contributed by atoms with van der Waals surface area (Å²) in [4.78, 5) is 32.7. The number of carboxylic acid groups (broad SMARTS) is 2. The van der Waals surface area contributed by atoms with Crippen molar-refractivity contribution < 1.29 is 24.5 Å². The molecule has 3 aliphatic rings. The molecule has 2 aliphatic heterocycles. The number of halogens is 1. The zero-order valence-corrected chi connectivity index (χ0v) is 20.1. The number of hydrogen-bond acceptors (Lipinski definition) is 7. The van der Waals surface area contributed by atoms with Crippen molar-refractivity contribution in [1.29, 1.82) is 0 Å². The summed E-state index contributed by atoms with van der Waals surface area (Å²) in [6, 6.07) is 9.43. The molecule has 1 saturated heterocycles. The smallest absolute Gasteiger partial charge is 0.328 e. The number of piperazine rings is 1. The monoisotopic (exact) mass is 500 g/mol. The maximum Gasteiger partial charge on any atom is 0.328 e. The Morgan fingerprint density at radius 1 is 1.00 bits per heavy atom. The fourth-order valence-corrected chi connectivity index (χ4v) is 5.23. The predicted octanol–water partition coefficient (Wildman–Crippen LogP) is 3.33. The number of hydrogen-bond donors (Lipinski definition) is 2. The fraction of sp³-hybridized carbons (Fsp3) is 0.440. The Hall–Kier alpha value is -3.01. The molecule has 5 rings (SSSR count). The molecule has 9 nitrogen and oxygen atoms in total. The molecule has 0 bridgehead atoms. The summed E-state index contributed by atoms with van der Waals surface area (Å²) in [5.41, 5.74) is 2.80. The summed E-state index contributed by atoms with van der Waals surface area (Å²) < 4.78 is 6.32. The van der Waals surface area contributed by atoms with E-state index in [1.807, 2.05) is 0 Å². The highest BCUT2D eigenvalue weighted by molar-refractivity contribution is 6.30. The van der Waals surface area contributed by atoms with Gasteiger partial charge in [-0.1, -0.05) is 35.9 Å². The number of benzene rings is 1. The molecule has 2 N–H and O–H groups in total. The van der Waals surface area contributed by atoms with Crippen molar-refractivity contribution in [2.75, 3.05) is 31.1 Å². The number of rotatable bonds is 4. The third-order valence-corrected chi connectivity index (χ3v) is 7.06. The van der Waals surface area contributed by atoms with Crippen molar-refractivity contribution in [2.45, 2.75) is 43.9 Å². The molecule has 0 atom stereocenters. The van der Waals surface area contributed by atoms with Gasteiger partial charge in [0.2, 0.25) is 5.95 Å². The van der Waals surface area contributed by atoms with Crippen LogP contribution in [0.2, 0.25) is 5.02 Å². The molecule has 2 aromatic rings. The van der Waals surface area contributed by atoms with Crippen LogP contribution in [0.3, 0.4) is 0 Å². The van der Waals surface area contributed by atoms with Crippen LogP contribution in [0.15, 0.2) is 48.8 Å². The summed E-state index contributed by atoms with van der Waals surface area (Å²) in [7, 11) is 0. The molecular weight excluding hydrogens is 472 g/mol. The van der Waals surface area contributed by atoms with Crippen molar-refractivity contribution in [1.82, 2.24) is 14.9 Å². The number of anilines is 1. The number of ether oxygens (including phenoxy) is 1. The van der Waals surface area contributed by atoms with Crippen LogP contribution in [0.5, 0.6) is 0 Å². The molecule has 1 aliphatic carbocycles. The van der Waals surface area contributed by atoms with Crippen LogP contribution < -0.4 is 4.90 Å². The molecule has 0 amide bonds. The van der Waals surface area contributed by atoms with Gasteiger partial charge in [-0.25, -0.2) is 19.6 Å². The van der Waals surface area contributed by atoms with Gasteiger partial charge in [0.15, 0.2) is 0 Å². The highest BCUT2D eigenvalue weighted by atomic mass is 35.5. The normalized spacial score (nSPS) is 24.1. The largest absolute Gasteiger partial charge is 0.478 e. The van der Waals surface area contributed by atoms with Gasteiger partial charge in [-0.3, -0.25) is 4.90 Å². The molecule has 10 heteroatoms. The lowest BCUT2D eigenvalue weighted by Crippen LogP contribution is -2.52. The first-order valence-electron chi connectivity index (χ1n) is 11.7. The van der Waals surface area contributed by atoms with E-state index in [0.29, 0.717) is 23.2 Å². The molecule has 2 fully saturated rings. The predicted molar refractivity (Wildman–Crippen MR) is 130 cm³/mol. The number of carboxylic acids is 2. The Labute approximate surface area is 209 Å². The Morgan fingerprint density at radius 2 is 1.60 bits per heavy atom. The summed E-state index contributed by atoms with van der Waals surface area (Å²) in [5, 5.41) is 16.2. The first-order chi connectivity index (χ1) is 16.9. The van der Waals surface area contributed by atoms with E-state index in [2.05, 4.69) is 44.0 Å². The molecule has 1 aromatic carbocycles. The average Bonchev–Trinajstić information content (AvgIpc) is 3.22. The first kappa shape index (κ1) is 25.1. The minimum atomic E-state index is -1.26. The highest BCUT2D eigenvalue weighted by Gasteiger charge is 2.43. The number of carbonyl (C=O) groups is 2. The topological polar surface area (TPSA) is 116 Å². The summed E-state index contributed by atoms with van der Waals surface area (Å²) in [6.45, 7) is 4.87. The number of fused-ring (bicyclic) bond motifs is 2. The summed E-state index contributed by atoms with van der Waals surface area (Å²) in [6.07, 6.45) is 9.17. The fourth-order valence-electron chi connectivity index (χ4n) is 5.13. The molecule has 1 saturated carbocycles. The zero-order valence-electron chi connectivity index (χ0n) is 19.3. The van der Waals surface area contributed by atoms with Crippen LogP contribution in [-0.4, -0.2) is 69.2 Å². The molecule has 0 unspecified atom stereocenters. The van der Waals surface area contributed by atoms with Crippen molar-refractivity contribution in [2.24, 2.45) is 0 Å². The summed E-state index contributed by atoms with van der Waals surface area (Å²) >= 11 is 5.90. The third-order valence-electron chi connectivity index (χ3n) is 6.86. The molecule has 1 aromatic heterocycles. The van der Waals surface area contributed by atoms with E-state index in [1.54, 1.807) is 12.4 Å². The van der Waals surface area contributed by atoms with Crippen molar-refractivity contribution in [3.05, 3.63) is 65.0 Å². The lowest BCUT2D eigenvalue weighted by molar-refractivity contribution is -0.134. The maximum absolute atomic E-state index is 9.55. The van der Waals surface area contributed by atoms with Crippen LogP contribution in [0.1, 0.15) is 36.8 Å². The molecule has 35 heavy (non-hydrogen) atoms. The molecule has 186 valence electrons. The van der Waals surface area contributed by atoms with E-state index >= 15 is 0 Å². The van der Waals surface area contributed by atoms with Crippen LogP contribution in [0, 0.1) is 0 Å². The maximum atomic E-state index is 9.55. The van der Waals surface area contributed by atoms with Gasteiger partial charge < -0.3 is 19.8 Å². The molecular formula is C25H29ClN4O5. The van der Waals surface area contributed by atoms with Crippen LogP contribution in [0.25, 0.3) is 0 Å². The van der Waals surface area contributed by atoms with Gasteiger partial charge >= 0.3 is 11.9 Å². The van der Waals surface area contributed by atoms with Crippen LogP contribution >= 0.6 is 11.6 Å². The highest BCUT2D eigenvalue weighted by Crippen LogP contribution is 2.47. The standard InChI is InChI=1S/C21H25ClN4O.C4H4O4/c22-17-13-23-20(24-14-17)26-11-9-25(10-12-26)18-5-7-21(8-6-18)19-4-2-1-3-16(19)15-27-21;5-3(6)1-2-4(7)8/h1-4,13-14,18H,5-12,15H2;1-2H,(H,5,6)(H,7,8)/b;2-1-/t18-,21-;. The Bertz CT molecular complexity index is 1050. The third kappa shape index (κ3) is 6.17. The van der Waals surface area contributed by atoms with Gasteiger partial charge in [-0.15, -0.1) is 0 Å². The van der Waals surface area contributed by atoms with Crippen molar-refractivity contribution in [3.8, 4) is 0 Å². The molecule has 0 radical (unpaired) electrons. The second-order valence-electron chi connectivity index (χ2n) is 8.91. The number of aromatic nitrogens is 2. The number of aliphatic carboxylic acids is 2. The van der Waals surface area contributed by atoms with Crippen LogP contribution in [0.4, 0.5) is 5.95 Å². The SMILES string of the molecule is Clc1cnc(N2CCN([C@H]3CC[C@@]4(CC3)OCc3ccccc34)CC2)nc1.O=C(O)/C=C\C(=O)O. The molecule has 1 spiro atoms. The van der Waals surface area contributed by atoms with Crippen molar-refractivity contribution >= 4 is 29.5 Å². The average molecular weight is 501 g/mol. The lowest BCUT2D eigenvalue weighted by Gasteiger charge is -2.44. The second-order valence-corrected chi connectivity index (χ2v) is 9.34. The van der Waals surface area contributed by atoms with Gasteiger partial charge in [0.25, 0.3) is 0 Å². The van der Waals surface area contributed by atoms with E-state index < -0.39 is 11.9 Å². The van der Waals surface area contributed by atoms with E-state index in [-0.39, 0.29) is 5.60 Å². The van der Waals surface area contributed by atoms with Gasteiger partial charge in [0.1, 0.15) is 0 Å². The van der Waals surface area contributed by atoms with Gasteiger partial charge in [-0.2, -0.15) is 0 Å². The molecule has 3 heterocycles. The Morgan fingerprint density at radius 3 is 2.20 bits per heavy atom. The minimum Gasteiger partial charge on any atom is -0.478 e. The Balaban J connectivity index is 0.000000314. The quantitative estimate of drug-likeness (QED) is 0.609. The summed E-state index contributed by atoms with van der Waals surface area (Å²) in [5.74, 6) is -1.72. The number of nitrogens with zero attached hydrogens (tertiary/aromatic N) is 4. The van der Waals surface area contributed by atoms with Gasteiger partial charge in [0, 0.05) is 44.4 Å². The Kier molecular flexibility index (Phi) is 8.00. The van der Waals surface area contributed by atoms with E-state index in [9.17, 15) is 9.59 Å². The van der Waals surface area contributed by atoms with E-state index in [0.717, 1.165) is 51.6 Å².